The molecule has 98 valence electrons. The Hall–Kier alpha value is -0.340. The van der Waals surface area contributed by atoms with E-state index < -0.39 is 0 Å². The van der Waals surface area contributed by atoms with Gasteiger partial charge in [0.15, 0.2) is 0 Å². The maximum absolute atomic E-state index is 6.82. The first-order chi connectivity index (χ1) is 8.76. The molecule has 3 aliphatic carbocycles. The molecule has 2 N–H and O–H groups in total. The minimum absolute atomic E-state index is 0.179. The van der Waals surface area contributed by atoms with Crippen molar-refractivity contribution in [2.45, 2.75) is 50.5 Å². The van der Waals surface area contributed by atoms with Gasteiger partial charge in [0.25, 0.3) is 0 Å². The van der Waals surface area contributed by atoms with Gasteiger partial charge in [-0.05, 0) is 84.6 Å². The van der Waals surface area contributed by atoms with Crippen LogP contribution in [-0.2, 0) is 6.42 Å². The highest BCUT2D eigenvalue weighted by molar-refractivity contribution is 7.07. The minimum Gasteiger partial charge on any atom is -0.325 e. The summed E-state index contributed by atoms with van der Waals surface area (Å²) in [7, 11) is 0. The summed E-state index contributed by atoms with van der Waals surface area (Å²) in [6.45, 7) is 0. The summed E-state index contributed by atoms with van der Waals surface area (Å²) in [6, 6.07) is 2.26. The van der Waals surface area contributed by atoms with E-state index in [2.05, 4.69) is 16.8 Å². The molecule has 5 unspecified atom stereocenters. The Labute approximate surface area is 114 Å². The zero-order chi connectivity index (χ0) is 12.2. The Morgan fingerprint density at radius 1 is 1.33 bits per heavy atom. The highest BCUT2D eigenvalue weighted by atomic mass is 32.1. The first-order valence-electron chi connectivity index (χ1n) is 7.56. The lowest BCUT2D eigenvalue weighted by molar-refractivity contribution is 0.148. The molecule has 0 aromatic carbocycles. The molecule has 3 aliphatic rings. The van der Waals surface area contributed by atoms with E-state index in [1.54, 1.807) is 0 Å². The smallest absolute Gasteiger partial charge is 0.0191 e. The Balaban J connectivity index is 1.48. The molecule has 1 nitrogen and oxygen atoms in total. The molecule has 4 rings (SSSR count). The molecular weight excluding hydrogens is 238 g/mol. The lowest BCUT2D eigenvalue weighted by atomic mass is 9.69. The molecule has 0 aliphatic heterocycles. The van der Waals surface area contributed by atoms with Crippen LogP contribution in [0.1, 0.15) is 44.1 Å². The lowest BCUT2D eigenvalue weighted by Gasteiger charge is -2.40. The van der Waals surface area contributed by atoms with Gasteiger partial charge in [0.2, 0.25) is 0 Å². The van der Waals surface area contributed by atoms with Gasteiger partial charge in [-0.15, -0.1) is 0 Å². The number of rotatable bonds is 3. The average Bonchev–Trinajstić information content (AvgIpc) is 3.09. The highest BCUT2D eigenvalue weighted by Crippen LogP contribution is 2.62. The second-order valence-electron chi connectivity index (χ2n) is 6.93. The van der Waals surface area contributed by atoms with Gasteiger partial charge in [-0.25, -0.2) is 0 Å². The van der Waals surface area contributed by atoms with Crippen LogP contribution in [0.2, 0.25) is 0 Å². The van der Waals surface area contributed by atoms with E-state index in [0.717, 1.165) is 23.7 Å². The van der Waals surface area contributed by atoms with E-state index in [4.69, 9.17) is 5.73 Å². The topological polar surface area (TPSA) is 26.0 Å². The standard InChI is InChI=1S/C16H23NS/c17-16(6-4-11-5-7-18-10-11)9-12-8-15(16)14-3-1-2-13(12)14/h5,7,10,12-15H,1-4,6,8-9,17H2. The summed E-state index contributed by atoms with van der Waals surface area (Å²) in [6.07, 6.45) is 9.64. The monoisotopic (exact) mass is 261 g/mol. The van der Waals surface area contributed by atoms with Crippen LogP contribution in [0.5, 0.6) is 0 Å². The molecule has 0 spiro atoms. The second kappa shape index (κ2) is 4.08. The van der Waals surface area contributed by atoms with E-state index >= 15 is 0 Å². The van der Waals surface area contributed by atoms with Gasteiger partial charge < -0.3 is 5.73 Å². The molecule has 0 amide bonds. The van der Waals surface area contributed by atoms with Crippen LogP contribution >= 0.6 is 11.3 Å². The molecule has 3 fully saturated rings. The van der Waals surface area contributed by atoms with Crippen molar-refractivity contribution in [2.24, 2.45) is 29.4 Å². The van der Waals surface area contributed by atoms with E-state index in [0.29, 0.717) is 0 Å². The van der Waals surface area contributed by atoms with Gasteiger partial charge in [0, 0.05) is 5.54 Å². The quantitative estimate of drug-likeness (QED) is 0.879. The molecule has 5 atom stereocenters. The van der Waals surface area contributed by atoms with Gasteiger partial charge in [0.05, 0.1) is 0 Å². The lowest BCUT2D eigenvalue weighted by Crippen LogP contribution is -2.49. The maximum Gasteiger partial charge on any atom is 0.0191 e. The largest absolute Gasteiger partial charge is 0.325 e. The van der Waals surface area contributed by atoms with Crippen LogP contribution in [0.25, 0.3) is 0 Å². The van der Waals surface area contributed by atoms with Crippen molar-refractivity contribution in [2.75, 3.05) is 0 Å². The fraction of sp³-hybridized carbons (Fsp3) is 0.750. The molecule has 1 aromatic rings. The number of hydrogen-bond donors (Lipinski definition) is 1. The van der Waals surface area contributed by atoms with Crippen LogP contribution in [0, 0.1) is 23.7 Å². The number of fused-ring (bicyclic) bond motifs is 5. The van der Waals surface area contributed by atoms with Crippen molar-refractivity contribution in [3.05, 3.63) is 22.4 Å². The van der Waals surface area contributed by atoms with Gasteiger partial charge in [-0.2, -0.15) is 11.3 Å². The van der Waals surface area contributed by atoms with E-state index in [1.165, 1.54) is 50.5 Å². The number of nitrogens with two attached hydrogens (primary N) is 1. The zero-order valence-corrected chi connectivity index (χ0v) is 11.8. The predicted octanol–water partition coefficient (Wildman–Crippen LogP) is 3.83. The molecule has 1 aromatic heterocycles. The number of hydrogen-bond acceptors (Lipinski definition) is 2. The molecule has 1 heterocycles. The van der Waals surface area contributed by atoms with Crippen LogP contribution < -0.4 is 5.73 Å². The van der Waals surface area contributed by atoms with Crippen LogP contribution in [0.4, 0.5) is 0 Å². The second-order valence-corrected chi connectivity index (χ2v) is 7.71. The minimum atomic E-state index is 0.179. The van der Waals surface area contributed by atoms with E-state index in [9.17, 15) is 0 Å². The van der Waals surface area contributed by atoms with Crippen molar-refractivity contribution in [3.8, 4) is 0 Å². The number of thiophene rings is 1. The van der Waals surface area contributed by atoms with Crippen molar-refractivity contribution in [3.63, 3.8) is 0 Å². The average molecular weight is 261 g/mol. The third-order valence-corrected chi connectivity index (χ3v) is 6.88. The molecule has 2 bridgehead atoms. The molecule has 3 saturated carbocycles. The first-order valence-corrected chi connectivity index (χ1v) is 8.50. The van der Waals surface area contributed by atoms with Crippen molar-refractivity contribution in [1.29, 1.82) is 0 Å². The third kappa shape index (κ3) is 1.61. The number of aryl methyl sites for hydroxylation is 1. The predicted molar refractivity (Wildman–Crippen MR) is 76.6 cm³/mol. The summed E-state index contributed by atoms with van der Waals surface area (Å²) >= 11 is 1.81. The van der Waals surface area contributed by atoms with Crippen LogP contribution in [0.3, 0.4) is 0 Å². The SMILES string of the molecule is NC1(CCc2ccsc2)CC2CC1C1CCCC21. The third-order valence-electron chi connectivity index (χ3n) is 6.14. The maximum atomic E-state index is 6.82. The van der Waals surface area contributed by atoms with Crippen molar-refractivity contribution >= 4 is 11.3 Å². The highest BCUT2D eigenvalue weighted by Gasteiger charge is 2.58. The Morgan fingerprint density at radius 2 is 2.22 bits per heavy atom. The van der Waals surface area contributed by atoms with Crippen LogP contribution in [0.15, 0.2) is 16.8 Å². The Bertz CT molecular complexity index is 426. The fourth-order valence-corrected chi connectivity index (χ4v) is 6.12. The molecular formula is C16H23NS. The van der Waals surface area contributed by atoms with Gasteiger partial charge in [0.1, 0.15) is 0 Å². The Kier molecular flexibility index (Phi) is 2.60. The molecule has 0 radical (unpaired) electrons. The summed E-state index contributed by atoms with van der Waals surface area (Å²) in [5, 5.41) is 4.47. The summed E-state index contributed by atoms with van der Waals surface area (Å²) in [5.74, 6) is 3.90. The Morgan fingerprint density at radius 3 is 3.06 bits per heavy atom. The molecule has 18 heavy (non-hydrogen) atoms. The summed E-state index contributed by atoms with van der Waals surface area (Å²) < 4.78 is 0. The van der Waals surface area contributed by atoms with Gasteiger partial charge >= 0.3 is 0 Å². The summed E-state index contributed by atoms with van der Waals surface area (Å²) in [5.41, 5.74) is 8.49. The van der Waals surface area contributed by atoms with Crippen molar-refractivity contribution < 1.29 is 0 Å². The first kappa shape index (κ1) is 11.5. The van der Waals surface area contributed by atoms with Gasteiger partial charge in [-0.3, -0.25) is 0 Å². The van der Waals surface area contributed by atoms with E-state index in [-0.39, 0.29) is 5.54 Å². The van der Waals surface area contributed by atoms with Crippen molar-refractivity contribution in [1.82, 2.24) is 0 Å². The normalized spacial score (nSPS) is 45.6. The molecule has 0 saturated heterocycles. The van der Waals surface area contributed by atoms with E-state index in [1.807, 2.05) is 11.3 Å². The van der Waals surface area contributed by atoms with Crippen LogP contribution in [-0.4, -0.2) is 5.54 Å². The molecule has 2 heteroatoms. The van der Waals surface area contributed by atoms with Gasteiger partial charge in [-0.1, -0.05) is 6.42 Å². The summed E-state index contributed by atoms with van der Waals surface area (Å²) in [4.78, 5) is 0. The zero-order valence-electron chi connectivity index (χ0n) is 11.0. The fourth-order valence-electron chi connectivity index (χ4n) is 5.41.